The Kier molecular flexibility index (Phi) is 5.84. The number of ether oxygens (including phenoxy) is 2. The van der Waals surface area contributed by atoms with E-state index in [0.29, 0.717) is 6.61 Å². The summed E-state index contributed by atoms with van der Waals surface area (Å²) in [4.78, 5) is 14.1. The Morgan fingerprint density at radius 2 is 2.24 bits per heavy atom. The molecule has 2 rings (SSSR count). The van der Waals surface area contributed by atoms with Crippen LogP contribution in [0.1, 0.15) is 40.0 Å². The number of hydrogen-bond acceptors (Lipinski definition) is 3. The third kappa shape index (κ3) is 5.45. The first-order chi connectivity index (χ1) is 9.96. The van der Waals surface area contributed by atoms with E-state index in [2.05, 4.69) is 8.09 Å². The van der Waals surface area contributed by atoms with Crippen LogP contribution >= 0.6 is 20.7 Å². The molecule has 0 radical (unpaired) electrons. The number of likely N-dealkylation sites (tertiary alicyclic amines) is 1. The number of amides is 1. The molecule has 0 bridgehead atoms. The Morgan fingerprint density at radius 3 is 2.90 bits per heavy atom. The van der Waals surface area contributed by atoms with Crippen molar-refractivity contribution >= 4 is 30.8 Å². The van der Waals surface area contributed by atoms with Crippen LogP contribution in [0.4, 0.5) is 4.79 Å². The van der Waals surface area contributed by atoms with Crippen LogP contribution < -0.4 is 0 Å². The van der Waals surface area contributed by atoms with Crippen molar-refractivity contribution < 1.29 is 14.3 Å². The molecule has 2 heterocycles. The summed E-state index contributed by atoms with van der Waals surface area (Å²) in [6, 6.07) is 0.111. The highest BCUT2D eigenvalue weighted by molar-refractivity contribution is 14.2. The van der Waals surface area contributed by atoms with Crippen molar-refractivity contribution in [1.29, 1.82) is 0 Å². The van der Waals surface area contributed by atoms with Crippen molar-refractivity contribution in [2.24, 2.45) is 0 Å². The van der Waals surface area contributed by atoms with Gasteiger partial charge in [-0.05, 0) is 60.3 Å². The van der Waals surface area contributed by atoms with Gasteiger partial charge < -0.3 is 14.4 Å². The van der Waals surface area contributed by atoms with E-state index in [1.165, 1.54) is 0 Å². The minimum atomic E-state index is -0.451. The molecule has 5 heteroatoms. The number of carbonyl (C=O) groups is 1. The maximum atomic E-state index is 12.3. The van der Waals surface area contributed by atoms with Crippen LogP contribution in [0, 0.1) is 0 Å². The monoisotopic (exact) mass is 405 g/mol. The summed E-state index contributed by atoms with van der Waals surface area (Å²) in [7, 11) is 0. The second-order valence-electron chi connectivity index (χ2n) is 6.25. The predicted octanol–water partition coefficient (Wildman–Crippen LogP) is 3.98. The Bertz CT molecular complexity index is 463. The second kappa shape index (κ2) is 7.42. The minimum Gasteiger partial charge on any atom is -0.491 e. The van der Waals surface area contributed by atoms with Crippen molar-refractivity contribution in [1.82, 2.24) is 4.90 Å². The average Bonchev–Trinajstić information content (AvgIpc) is 2.45. The molecule has 0 aromatic carbocycles. The first-order valence-corrected chi connectivity index (χ1v) is 9.89. The van der Waals surface area contributed by atoms with E-state index in [9.17, 15) is 4.79 Å². The molecule has 2 aliphatic heterocycles. The zero-order valence-electron chi connectivity index (χ0n) is 13.0. The van der Waals surface area contributed by atoms with E-state index in [-0.39, 0.29) is 32.9 Å². The molecule has 1 amide bonds. The molecule has 0 saturated carbocycles. The molecule has 21 heavy (non-hydrogen) atoms. The van der Waals surface area contributed by atoms with Gasteiger partial charge in [0, 0.05) is 6.54 Å². The highest BCUT2D eigenvalue weighted by Crippen LogP contribution is 2.22. The molecule has 0 aromatic rings. The van der Waals surface area contributed by atoms with Gasteiger partial charge in [0.15, 0.2) is 0 Å². The third-order valence-electron chi connectivity index (χ3n) is 3.30. The lowest BCUT2D eigenvalue weighted by molar-refractivity contribution is -0.000491. The first kappa shape index (κ1) is 16.5. The standard InChI is InChI=1S/C16H24INO3/c1-16(2,3)21-15(19)18-11-5-4-6-13(18)12-20-14-7-9-17-10-8-14/h7-10,13H,4-6,11-12H2,1-3H3/t13-/m0/s1. The fraction of sp³-hybridized carbons (Fsp3) is 0.625. The summed E-state index contributed by atoms with van der Waals surface area (Å²) >= 11 is 0.0785. The predicted molar refractivity (Wildman–Crippen MR) is 93.8 cm³/mol. The van der Waals surface area contributed by atoms with Crippen LogP contribution in [0.2, 0.25) is 0 Å². The van der Waals surface area contributed by atoms with Gasteiger partial charge in [0.1, 0.15) is 18.0 Å². The van der Waals surface area contributed by atoms with Crippen LogP contribution in [-0.4, -0.2) is 39.8 Å². The van der Waals surface area contributed by atoms with E-state index in [1.54, 1.807) is 0 Å². The molecule has 118 valence electrons. The summed E-state index contributed by atoms with van der Waals surface area (Å²) < 4.78 is 15.7. The van der Waals surface area contributed by atoms with Crippen LogP contribution in [0.5, 0.6) is 0 Å². The van der Waals surface area contributed by atoms with Crippen molar-refractivity contribution in [3.8, 4) is 0 Å². The van der Waals surface area contributed by atoms with Crippen LogP contribution in [0.25, 0.3) is 0 Å². The maximum absolute atomic E-state index is 12.3. The van der Waals surface area contributed by atoms with Crippen LogP contribution in [0.3, 0.4) is 0 Å². The Morgan fingerprint density at radius 1 is 1.43 bits per heavy atom. The topological polar surface area (TPSA) is 38.8 Å². The Balaban J connectivity index is 1.92. The van der Waals surface area contributed by atoms with Crippen molar-refractivity contribution in [2.75, 3.05) is 13.2 Å². The lowest BCUT2D eigenvalue weighted by Gasteiger charge is -2.36. The van der Waals surface area contributed by atoms with Gasteiger partial charge in [-0.2, -0.15) is 0 Å². The molecular formula is C16H24INO3. The normalized spacial score (nSPS) is 22.3. The SMILES string of the molecule is CC(C)(C)OC(=O)N1CCCC[C@H]1COC1=CC=IC=C1. The minimum absolute atomic E-state index is 0.0785. The summed E-state index contributed by atoms with van der Waals surface area (Å²) in [6.07, 6.45) is 7.01. The van der Waals surface area contributed by atoms with Gasteiger partial charge >= 0.3 is 6.09 Å². The molecule has 0 aromatic heterocycles. The summed E-state index contributed by atoms with van der Waals surface area (Å²) in [5.74, 6) is 0.899. The molecule has 0 aliphatic carbocycles. The van der Waals surface area contributed by atoms with Gasteiger partial charge in [-0.25, -0.2) is 4.79 Å². The molecule has 4 nitrogen and oxygen atoms in total. The highest BCUT2D eigenvalue weighted by atomic mass is 127. The van der Waals surface area contributed by atoms with Gasteiger partial charge in [-0.15, -0.1) is 0 Å². The molecule has 2 aliphatic rings. The van der Waals surface area contributed by atoms with E-state index in [4.69, 9.17) is 9.47 Å². The van der Waals surface area contributed by atoms with Gasteiger partial charge in [-0.1, -0.05) is 20.7 Å². The fourth-order valence-electron chi connectivity index (χ4n) is 2.32. The summed E-state index contributed by atoms with van der Waals surface area (Å²) in [6.45, 7) is 7.00. The van der Waals surface area contributed by atoms with E-state index < -0.39 is 5.60 Å². The highest BCUT2D eigenvalue weighted by Gasteiger charge is 2.30. The largest absolute Gasteiger partial charge is 0.491 e. The summed E-state index contributed by atoms with van der Waals surface area (Å²) in [5, 5.41) is 0. The molecule has 0 spiro atoms. The Labute approximate surface area is 136 Å². The number of carbonyl (C=O) groups excluding carboxylic acids is 1. The maximum Gasteiger partial charge on any atom is 0.410 e. The van der Waals surface area contributed by atoms with Gasteiger partial charge in [0.2, 0.25) is 0 Å². The van der Waals surface area contributed by atoms with Gasteiger partial charge in [-0.3, -0.25) is 0 Å². The number of piperidine rings is 1. The average molecular weight is 405 g/mol. The number of nitrogens with zero attached hydrogens (tertiary/aromatic N) is 1. The van der Waals surface area contributed by atoms with Crippen molar-refractivity contribution in [2.45, 2.75) is 51.7 Å². The van der Waals surface area contributed by atoms with Crippen molar-refractivity contribution in [3.63, 3.8) is 0 Å². The molecule has 0 unspecified atom stereocenters. The van der Waals surface area contributed by atoms with E-state index >= 15 is 0 Å². The number of hydrogen-bond donors (Lipinski definition) is 0. The van der Waals surface area contributed by atoms with Crippen molar-refractivity contribution in [3.05, 3.63) is 22.0 Å². The smallest absolute Gasteiger partial charge is 0.410 e. The zero-order valence-corrected chi connectivity index (χ0v) is 15.1. The van der Waals surface area contributed by atoms with Gasteiger partial charge in [0.05, 0.1) is 6.04 Å². The molecule has 1 atom stereocenters. The molecule has 0 N–H and O–H groups in total. The summed E-state index contributed by atoms with van der Waals surface area (Å²) in [5.41, 5.74) is -0.451. The van der Waals surface area contributed by atoms with Crippen LogP contribution in [-0.2, 0) is 9.47 Å². The number of allylic oxidation sites excluding steroid dienone is 2. The lowest BCUT2D eigenvalue weighted by atomic mass is 10.0. The number of halogens is 1. The second-order valence-corrected chi connectivity index (χ2v) is 8.41. The van der Waals surface area contributed by atoms with Crippen LogP contribution in [0.15, 0.2) is 22.0 Å². The van der Waals surface area contributed by atoms with Gasteiger partial charge in [0.25, 0.3) is 0 Å². The Hall–Kier alpha value is -0.850. The molecule has 1 saturated heterocycles. The quantitative estimate of drug-likeness (QED) is 0.667. The number of rotatable bonds is 3. The lowest BCUT2D eigenvalue weighted by Crippen LogP contribution is -2.48. The van der Waals surface area contributed by atoms with E-state index in [0.717, 1.165) is 31.6 Å². The first-order valence-electron chi connectivity index (χ1n) is 7.40. The van der Waals surface area contributed by atoms with E-state index in [1.807, 2.05) is 37.8 Å². The fourth-order valence-corrected chi connectivity index (χ4v) is 3.68. The zero-order chi connectivity index (χ0) is 15.3. The molecule has 1 fully saturated rings. The third-order valence-corrected chi connectivity index (χ3v) is 4.85. The molecular weight excluding hydrogens is 381 g/mol.